The Morgan fingerprint density at radius 1 is 0.593 bits per heavy atom. The summed E-state index contributed by atoms with van der Waals surface area (Å²) in [6.07, 6.45) is 0. The first-order valence-electron chi connectivity index (χ1n) is 8.63. The summed E-state index contributed by atoms with van der Waals surface area (Å²) in [6, 6.07) is 20.5. The van der Waals surface area contributed by atoms with E-state index in [0.717, 1.165) is 33.9 Å². The van der Waals surface area contributed by atoms with Crippen LogP contribution in [0.1, 0.15) is 22.3 Å². The van der Waals surface area contributed by atoms with Crippen molar-refractivity contribution >= 4 is 11.7 Å². The van der Waals surface area contributed by atoms with E-state index >= 15 is 0 Å². The molecular formula is C22H17F2N3. The van der Waals surface area contributed by atoms with E-state index in [0.29, 0.717) is 13.1 Å². The van der Waals surface area contributed by atoms with Crippen molar-refractivity contribution in [1.29, 1.82) is 0 Å². The maximum atomic E-state index is 13.0. The van der Waals surface area contributed by atoms with Gasteiger partial charge in [0.25, 0.3) is 0 Å². The fourth-order valence-electron chi connectivity index (χ4n) is 2.91. The summed E-state index contributed by atoms with van der Waals surface area (Å²) in [5.41, 5.74) is 3.83. The lowest BCUT2D eigenvalue weighted by Gasteiger charge is -2.02. The van der Waals surface area contributed by atoms with Crippen molar-refractivity contribution in [2.24, 2.45) is 9.98 Å². The molecule has 0 unspecified atom stereocenters. The van der Waals surface area contributed by atoms with Crippen molar-refractivity contribution in [2.75, 3.05) is 0 Å². The van der Waals surface area contributed by atoms with Crippen LogP contribution in [0.25, 0.3) is 0 Å². The van der Waals surface area contributed by atoms with Gasteiger partial charge in [0.2, 0.25) is 0 Å². The van der Waals surface area contributed by atoms with Gasteiger partial charge in [0.15, 0.2) is 0 Å². The fraction of sp³-hybridized carbons (Fsp3) is 0.0909. The zero-order chi connectivity index (χ0) is 18.6. The van der Waals surface area contributed by atoms with Gasteiger partial charge in [-0.2, -0.15) is 0 Å². The summed E-state index contributed by atoms with van der Waals surface area (Å²) in [6.45, 7) is 0.893. The second-order valence-corrected chi connectivity index (χ2v) is 6.25. The van der Waals surface area contributed by atoms with E-state index in [1.807, 2.05) is 24.3 Å². The molecule has 0 amide bonds. The minimum Gasteiger partial charge on any atom is -0.324 e. The molecule has 134 valence electrons. The van der Waals surface area contributed by atoms with Gasteiger partial charge in [-0.3, -0.25) is 9.98 Å². The first-order chi connectivity index (χ1) is 13.2. The summed E-state index contributed by atoms with van der Waals surface area (Å²) in [4.78, 5) is 9.27. The quantitative estimate of drug-likeness (QED) is 0.732. The van der Waals surface area contributed by atoms with E-state index in [4.69, 9.17) is 0 Å². The van der Waals surface area contributed by atoms with Gasteiger partial charge in [-0.15, -0.1) is 0 Å². The average Bonchev–Trinajstić information content (AvgIpc) is 3.05. The van der Waals surface area contributed by atoms with Crippen molar-refractivity contribution in [3.05, 3.63) is 107 Å². The standard InChI is InChI=1S/C22H17F2N3/c23-17-9-5-15(6-10-17)13-25-21-19-3-1-2-4-20(19)22(27-21)26-14-16-7-11-18(24)12-8-16/h1-12H,13-14H2,(H,25,26,27). The molecule has 0 atom stereocenters. The third kappa shape index (κ3) is 3.92. The third-order valence-corrected chi connectivity index (χ3v) is 4.34. The van der Waals surface area contributed by atoms with Crippen molar-refractivity contribution in [3.63, 3.8) is 0 Å². The SMILES string of the molecule is Fc1ccc(CN=C2NC(=NCc3ccc(F)cc3)c3ccccc32)cc1. The second-order valence-electron chi connectivity index (χ2n) is 6.25. The molecule has 0 spiro atoms. The number of amidine groups is 2. The Morgan fingerprint density at radius 2 is 1.00 bits per heavy atom. The molecule has 0 fully saturated rings. The molecule has 3 aromatic carbocycles. The monoisotopic (exact) mass is 361 g/mol. The summed E-state index contributed by atoms with van der Waals surface area (Å²) in [7, 11) is 0. The van der Waals surface area contributed by atoms with E-state index in [1.54, 1.807) is 24.3 Å². The van der Waals surface area contributed by atoms with E-state index in [-0.39, 0.29) is 11.6 Å². The van der Waals surface area contributed by atoms with Gasteiger partial charge in [-0.05, 0) is 35.4 Å². The molecule has 1 N–H and O–H groups in total. The number of hydrogen-bond acceptors (Lipinski definition) is 2. The second kappa shape index (κ2) is 7.50. The number of benzene rings is 3. The van der Waals surface area contributed by atoms with Crippen LogP contribution in [-0.4, -0.2) is 11.7 Å². The molecule has 1 aliphatic heterocycles. The normalized spacial score (nSPS) is 15.8. The van der Waals surface area contributed by atoms with Gasteiger partial charge in [-0.1, -0.05) is 48.5 Å². The van der Waals surface area contributed by atoms with Crippen LogP contribution in [0, 0.1) is 11.6 Å². The number of halogens is 2. The highest BCUT2D eigenvalue weighted by Crippen LogP contribution is 2.18. The van der Waals surface area contributed by atoms with Gasteiger partial charge < -0.3 is 5.32 Å². The number of aliphatic imine (C=N–C) groups is 2. The maximum Gasteiger partial charge on any atom is 0.134 e. The zero-order valence-corrected chi connectivity index (χ0v) is 14.5. The maximum absolute atomic E-state index is 13.0. The number of hydrogen-bond donors (Lipinski definition) is 1. The Labute approximate surface area is 156 Å². The number of nitrogens with one attached hydrogen (secondary N) is 1. The topological polar surface area (TPSA) is 36.8 Å². The molecule has 3 nitrogen and oxygen atoms in total. The molecule has 0 aliphatic carbocycles. The van der Waals surface area contributed by atoms with Crippen LogP contribution < -0.4 is 5.32 Å². The van der Waals surface area contributed by atoms with Crippen LogP contribution in [0.5, 0.6) is 0 Å². The van der Waals surface area contributed by atoms with E-state index in [9.17, 15) is 8.78 Å². The number of fused-ring (bicyclic) bond motifs is 1. The van der Waals surface area contributed by atoms with Crippen LogP contribution in [0.2, 0.25) is 0 Å². The molecule has 1 aliphatic rings. The van der Waals surface area contributed by atoms with Crippen molar-refractivity contribution < 1.29 is 8.78 Å². The number of nitrogens with zero attached hydrogens (tertiary/aromatic N) is 2. The minimum atomic E-state index is -0.258. The lowest BCUT2D eigenvalue weighted by atomic mass is 10.1. The average molecular weight is 361 g/mol. The predicted molar refractivity (Wildman–Crippen MR) is 103 cm³/mol. The van der Waals surface area contributed by atoms with E-state index in [1.165, 1.54) is 24.3 Å². The molecule has 0 saturated heterocycles. The molecule has 5 heteroatoms. The first-order valence-corrected chi connectivity index (χ1v) is 8.63. The summed E-state index contributed by atoms with van der Waals surface area (Å²) in [5.74, 6) is 0.970. The van der Waals surface area contributed by atoms with Crippen LogP contribution in [0.3, 0.4) is 0 Å². The summed E-state index contributed by atoms with van der Waals surface area (Å²) < 4.78 is 26.1. The predicted octanol–water partition coefficient (Wildman–Crippen LogP) is 4.46. The molecule has 0 bridgehead atoms. The lowest BCUT2D eigenvalue weighted by molar-refractivity contribution is 0.626. The van der Waals surface area contributed by atoms with Gasteiger partial charge in [0, 0.05) is 11.1 Å². The molecule has 0 aromatic heterocycles. The first kappa shape index (κ1) is 17.1. The molecule has 27 heavy (non-hydrogen) atoms. The zero-order valence-electron chi connectivity index (χ0n) is 14.5. The molecule has 3 aromatic rings. The van der Waals surface area contributed by atoms with Crippen molar-refractivity contribution in [2.45, 2.75) is 13.1 Å². The Bertz CT molecular complexity index is 924. The van der Waals surface area contributed by atoms with Crippen LogP contribution in [0.15, 0.2) is 82.8 Å². The van der Waals surface area contributed by atoms with Crippen LogP contribution >= 0.6 is 0 Å². The third-order valence-electron chi connectivity index (χ3n) is 4.34. The Hall–Kier alpha value is -3.34. The molecular weight excluding hydrogens is 344 g/mol. The minimum absolute atomic E-state index is 0.258. The highest BCUT2D eigenvalue weighted by molar-refractivity contribution is 6.25. The fourth-order valence-corrected chi connectivity index (χ4v) is 2.91. The summed E-state index contributed by atoms with van der Waals surface area (Å²) >= 11 is 0. The largest absolute Gasteiger partial charge is 0.324 e. The van der Waals surface area contributed by atoms with Crippen molar-refractivity contribution in [3.8, 4) is 0 Å². The Kier molecular flexibility index (Phi) is 4.75. The molecule has 0 saturated carbocycles. The number of rotatable bonds is 4. The molecule has 0 radical (unpaired) electrons. The van der Waals surface area contributed by atoms with Gasteiger partial charge >= 0.3 is 0 Å². The molecule has 4 rings (SSSR count). The van der Waals surface area contributed by atoms with Crippen molar-refractivity contribution in [1.82, 2.24) is 5.32 Å². The van der Waals surface area contributed by atoms with Gasteiger partial charge in [0.05, 0.1) is 13.1 Å². The lowest BCUT2D eigenvalue weighted by Crippen LogP contribution is -2.23. The highest BCUT2D eigenvalue weighted by atomic mass is 19.1. The molecule has 1 heterocycles. The highest BCUT2D eigenvalue weighted by Gasteiger charge is 2.22. The Balaban J connectivity index is 1.56. The Morgan fingerprint density at radius 3 is 1.41 bits per heavy atom. The van der Waals surface area contributed by atoms with E-state index < -0.39 is 0 Å². The smallest absolute Gasteiger partial charge is 0.134 e. The van der Waals surface area contributed by atoms with Gasteiger partial charge in [0.1, 0.15) is 23.3 Å². The van der Waals surface area contributed by atoms with Crippen LogP contribution in [0.4, 0.5) is 8.78 Å². The summed E-state index contributed by atoms with van der Waals surface area (Å²) in [5, 5.41) is 3.27. The van der Waals surface area contributed by atoms with Gasteiger partial charge in [-0.25, -0.2) is 8.78 Å². The van der Waals surface area contributed by atoms with Crippen LogP contribution in [-0.2, 0) is 13.1 Å². The van der Waals surface area contributed by atoms with E-state index in [2.05, 4.69) is 15.3 Å².